The average molecular weight is 270 g/mol. The molecule has 1 aliphatic carbocycles. The summed E-state index contributed by atoms with van der Waals surface area (Å²) in [5.74, 6) is 0.901. The Labute approximate surface area is 122 Å². The van der Waals surface area contributed by atoms with E-state index in [1.54, 1.807) is 0 Å². The molecule has 2 heteroatoms. The van der Waals surface area contributed by atoms with Gasteiger partial charge in [-0.05, 0) is 62.9 Å². The molecule has 1 aromatic heterocycles. The van der Waals surface area contributed by atoms with Gasteiger partial charge in [-0.15, -0.1) is 0 Å². The quantitative estimate of drug-likeness (QED) is 0.786. The number of hydrogen-bond donors (Lipinski definition) is 1. The number of aromatic nitrogens is 1. The topological polar surface area (TPSA) is 17.0 Å². The van der Waals surface area contributed by atoms with Gasteiger partial charge in [0.1, 0.15) is 0 Å². The monoisotopic (exact) mass is 270 g/mol. The summed E-state index contributed by atoms with van der Waals surface area (Å²) in [5, 5.41) is 4.69. The molecule has 2 nitrogen and oxygen atoms in total. The van der Waals surface area contributed by atoms with E-state index < -0.39 is 0 Å². The molecule has 0 aliphatic heterocycles. The number of fused-ring (bicyclic) bond motifs is 1. The molecule has 1 aromatic carbocycles. The van der Waals surface area contributed by atoms with Crippen LogP contribution in [-0.2, 0) is 13.0 Å². The van der Waals surface area contributed by atoms with Crippen molar-refractivity contribution in [2.45, 2.75) is 45.1 Å². The van der Waals surface area contributed by atoms with E-state index in [0.29, 0.717) is 0 Å². The van der Waals surface area contributed by atoms with Crippen LogP contribution in [0.1, 0.15) is 37.7 Å². The van der Waals surface area contributed by atoms with E-state index in [1.165, 1.54) is 61.5 Å². The molecule has 3 rings (SSSR count). The van der Waals surface area contributed by atoms with Gasteiger partial charge in [-0.2, -0.15) is 0 Å². The summed E-state index contributed by atoms with van der Waals surface area (Å²) in [6, 6.07) is 9.12. The highest BCUT2D eigenvalue weighted by Gasteiger charge is 2.16. The molecule has 0 saturated heterocycles. The molecule has 0 radical (unpaired) electrons. The lowest BCUT2D eigenvalue weighted by Gasteiger charge is -2.12. The van der Waals surface area contributed by atoms with Crippen molar-refractivity contribution in [2.75, 3.05) is 13.6 Å². The first-order chi connectivity index (χ1) is 9.88. The van der Waals surface area contributed by atoms with E-state index in [4.69, 9.17) is 0 Å². The summed E-state index contributed by atoms with van der Waals surface area (Å²) in [6.07, 6.45) is 10.4. The van der Waals surface area contributed by atoms with Crippen molar-refractivity contribution in [1.29, 1.82) is 0 Å². The van der Waals surface area contributed by atoms with Crippen molar-refractivity contribution in [3.05, 3.63) is 36.0 Å². The summed E-state index contributed by atoms with van der Waals surface area (Å²) in [6.45, 7) is 2.31. The Bertz CT molecular complexity index is 550. The van der Waals surface area contributed by atoms with E-state index in [1.807, 2.05) is 7.05 Å². The third kappa shape index (κ3) is 2.90. The minimum atomic E-state index is 0.901. The van der Waals surface area contributed by atoms with Gasteiger partial charge in [0.2, 0.25) is 0 Å². The highest BCUT2D eigenvalue weighted by atomic mass is 15.0. The highest BCUT2D eigenvalue weighted by Crippen LogP contribution is 2.29. The summed E-state index contributed by atoms with van der Waals surface area (Å²) in [4.78, 5) is 0. The van der Waals surface area contributed by atoms with E-state index in [0.717, 1.165) is 12.5 Å². The SMILES string of the molecule is CNCCCc1cccc2c1ccn2CC1CCCC1. The molecule has 1 heterocycles. The van der Waals surface area contributed by atoms with Gasteiger partial charge < -0.3 is 9.88 Å². The zero-order valence-electron chi connectivity index (χ0n) is 12.6. The van der Waals surface area contributed by atoms with Gasteiger partial charge in [0.25, 0.3) is 0 Å². The number of nitrogens with zero attached hydrogens (tertiary/aromatic N) is 1. The smallest absolute Gasteiger partial charge is 0.0483 e. The van der Waals surface area contributed by atoms with Crippen LogP contribution in [0.5, 0.6) is 0 Å². The van der Waals surface area contributed by atoms with Crippen LogP contribution in [-0.4, -0.2) is 18.2 Å². The Hall–Kier alpha value is -1.28. The maximum absolute atomic E-state index is 3.23. The fraction of sp³-hybridized carbons (Fsp3) is 0.556. The maximum atomic E-state index is 3.23. The second-order valence-corrected chi connectivity index (χ2v) is 6.18. The minimum Gasteiger partial charge on any atom is -0.347 e. The molecule has 1 saturated carbocycles. The van der Waals surface area contributed by atoms with Crippen LogP contribution < -0.4 is 5.32 Å². The minimum absolute atomic E-state index is 0.901. The Morgan fingerprint density at radius 1 is 1.20 bits per heavy atom. The van der Waals surface area contributed by atoms with Crippen LogP contribution in [0.2, 0.25) is 0 Å². The molecule has 108 valence electrons. The average Bonchev–Trinajstić information content (AvgIpc) is 3.11. The molecule has 0 unspecified atom stereocenters. The molecule has 2 aromatic rings. The van der Waals surface area contributed by atoms with E-state index in [9.17, 15) is 0 Å². The first kappa shape index (κ1) is 13.7. The number of nitrogens with one attached hydrogen (secondary N) is 1. The van der Waals surface area contributed by atoms with Crippen molar-refractivity contribution in [3.63, 3.8) is 0 Å². The Balaban J connectivity index is 1.79. The van der Waals surface area contributed by atoms with Gasteiger partial charge in [0.15, 0.2) is 0 Å². The second-order valence-electron chi connectivity index (χ2n) is 6.18. The molecular formula is C18H26N2. The molecule has 1 N–H and O–H groups in total. The normalized spacial score (nSPS) is 16.2. The molecular weight excluding hydrogens is 244 g/mol. The predicted molar refractivity (Wildman–Crippen MR) is 86.1 cm³/mol. The Morgan fingerprint density at radius 3 is 2.85 bits per heavy atom. The molecule has 1 fully saturated rings. The summed E-state index contributed by atoms with van der Waals surface area (Å²) < 4.78 is 2.48. The highest BCUT2D eigenvalue weighted by molar-refractivity contribution is 5.83. The number of benzene rings is 1. The lowest BCUT2D eigenvalue weighted by Crippen LogP contribution is -2.08. The standard InChI is InChI=1S/C18H26N2/c1-19-12-5-9-16-8-4-10-18-17(16)11-13-20(18)14-15-6-2-3-7-15/h4,8,10-11,13,15,19H,2-3,5-7,9,12,14H2,1H3. The van der Waals surface area contributed by atoms with Gasteiger partial charge in [-0.3, -0.25) is 0 Å². The van der Waals surface area contributed by atoms with Crippen molar-refractivity contribution in [2.24, 2.45) is 5.92 Å². The second kappa shape index (κ2) is 6.45. The Kier molecular flexibility index (Phi) is 4.41. The number of aryl methyl sites for hydroxylation is 1. The largest absolute Gasteiger partial charge is 0.347 e. The van der Waals surface area contributed by atoms with Crippen LogP contribution in [0.3, 0.4) is 0 Å². The lowest BCUT2D eigenvalue weighted by molar-refractivity contribution is 0.466. The third-order valence-electron chi connectivity index (χ3n) is 4.71. The van der Waals surface area contributed by atoms with E-state index >= 15 is 0 Å². The lowest BCUT2D eigenvalue weighted by atomic mass is 10.0. The maximum Gasteiger partial charge on any atom is 0.0483 e. The zero-order chi connectivity index (χ0) is 13.8. The van der Waals surface area contributed by atoms with E-state index in [2.05, 4.69) is 40.3 Å². The molecule has 0 spiro atoms. The third-order valence-corrected chi connectivity index (χ3v) is 4.71. The number of hydrogen-bond acceptors (Lipinski definition) is 1. The van der Waals surface area contributed by atoms with Crippen LogP contribution in [0.4, 0.5) is 0 Å². The Morgan fingerprint density at radius 2 is 2.05 bits per heavy atom. The van der Waals surface area contributed by atoms with Crippen molar-refractivity contribution >= 4 is 10.9 Å². The molecule has 0 bridgehead atoms. The number of rotatable bonds is 6. The fourth-order valence-electron chi connectivity index (χ4n) is 3.59. The first-order valence-electron chi connectivity index (χ1n) is 8.10. The van der Waals surface area contributed by atoms with Crippen LogP contribution in [0.25, 0.3) is 10.9 Å². The van der Waals surface area contributed by atoms with Gasteiger partial charge >= 0.3 is 0 Å². The van der Waals surface area contributed by atoms with Gasteiger partial charge in [0.05, 0.1) is 0 Å². The molecule has 20 heavy (non-hydrogen) atoms. The van der Waals surface area contributed by atoms with Crippen LogP contribution >= 0.6 is 0 Å². The summed E-state index contributed by atoms with van der Waals surface area (Å²) >= 11 is 0. The van der Waals surface area contributed by atoms with Crippen molar-refractivity contribution < 1.29 is 0 Å². The summed E-state index contributed by atoms with van der Waals surface area (Å²) in [7, 11) is 2.03. The molecule has 0 atom stereocenters. The predicted octanol–water partition coefficient (Wildman–Crippen LogP) is 3.98. The van der Waals surface area contributed by atoms with Gasteiger partial charge in [-0.1, -0.05) is 25.0 Å². The van der Waals surface area contributed by atoms with E-state index in [-0.39, 0.29) is 0 Å². The zero-order valence-corrected chi connectivity index (χ0v) is 12.6. The first-order valence-corrected chi connectivity index (χ1v) is 8.10. The van der Waals surface area contributed by atoms with Gasteiger partial charge in [0, 0.05) is 23.6 Å². The van der Waals surface area contributed by atoms with Crippen LogP contribution in [0.15, 0.2) is 30.5 Å². The molecule has 1 aliphatic rings. The van der Waals surface area contributed by atoms with Gasteiger partial charge in [-0.25, -0.2) is 0 Å². The fourth-order valence-corrected chi connectivity index (χ4v) is 3.59. The van der Waals surface area contributed by atoms with Crippen LogP contribution in [0, 0.1) is 5.92 Å². The van der Waals surface area contributed by atoms with Crippen molar-refractivity contribution in [1.82, 2.24) is 9.88 Å². The van der Waals surface area contributed by atoms with Crippen molar-refractivity contribution in [3.8, 4) is 0 Å². The molecule has 0 amide bonds. The summed E-state index contributed by atoms with van der Waals surface area (Å²) in [5.41, 5.74) is 2.93.